The highest BCUT2D eigenvalue weighted by atomic mass is 19.4. The van der Waals surface area contributed by atoms with E-state index < -0.39 is 24.0 Å². The predicted molar refractivity (Wildman–Crippen MR) is 85.3 cm³/mol. The molecule has 3 aromatic rings. The number of rotatable bonds is 5. The van der Waals surface area contributed by atoms with E-state index in [0.717, 1.165) is 0 Å². The largest absolute Gasteiger partial charge is 0.453 e. The summed E-state index contributed by atoms with van der Waals surface area (Å²) >= 11 is 0. The lowest BCUT2D eigenvalue weighted by atomic mass is 10.1. The Kier molecular flexibility index (Phi) is 4.83. The van der Waals surface area contributed by atoms with Gasteiger partial charge in [-0.25, -0.2) is 4.98 Å². The highest BCUT2D eigenvalue weighted by Crippen LogP contribution is 2.25. The van der Waals surface area contributed by atoms with Crippen LogP contribution >= 0.6 is 0 Å². The average molecular weight is 383 g/mol. The van der Waals surface area contributed by atoms with Crippen molar-refractivity contribution < 1.29 is 23.1 Å². The van der Waals surface area contributed by atoms with Crippen molar-refractivity contribution in [2.24, 2.45) is 5.92 Å². The molecule has 3 heterocycles. The van der Waals surface area contributed by atoms with Gasteiger partial charge >= 0.3 is 6.18 Å². The molecular weight excluding hydrogens is 367 g/mol. The maximum Gasteiger partial charge on any atom is 0.453 e. The van der Waals surface area contributed by atoms with Gasteiger partial charge in [-0.15, -0.1) is 15.3 Å². The number of nitrogens with one attached hydrogen (secondary N) is 2. The van der Waals surface area contributed by atoms with E-state index in [1.54, 1.807) is 6.07 Å². The van der Waals surface area contributed by atoms with Crippen LogP contribution in [-0.2, 0) is 12.7 Å². The second-order valence-electron chi connectivity index (χ2n) is 6.18. The van der Waals surface area contributed by atoms with Crippen molar-refractivity contribution in [2.45, 2.75) is 32.7 Å². The number of fused-ring (bicyclic) bond motifs is 1. The Morgan fingerprint density at radius 1 is 1.33 bits per heavy atom. The summed E-state index contributed by atoms with van der Waals surface area (Å²) in [6.07, 6.45) is -4.08. The van der Waals surface area contributed by atoms with Gasteiger partial charge in [0.1, 0.15) is 11.9 Å². The number of nitrogens with zero attached hydrogens (tertiary/aromatic N) is 5. The smallest absolute Gasteiger partial charge is 0.385 e. The van der Waals surface area contributed by atoms with Crippen molar-refractivity contribution in [3.8, 4) is 0 Å². The summed E-state index contributed by atoms with van der Waals surface area (Å²) < 4.78 is 38.9. The van der Waals surface area contributed by atoms with Crippen molar-refractivity contribution in [1.82, 2.24) is 35.1 Å². The van der Waals surface area contributed by atoms with Crippen LogP contribution in [0.3, 0.4) is 0 Å². The Balaban J connectivity index is 1.76. The van der Waals surface area contributed by atoms with Crippen LogP contribution < -0.4 is 5.32 Å². The van der Waals surface area contributed by atoms with Crippen LogP contribution in [-0.4, -0.2) is 40.8 Å². The van der Waals surface area contributed by atoms with E-state index in [-0.39, 0.29) is 23.9 Å². The Morgan fingerprint density at radius 2 is 2.07 bits per heavy atom. The molecule has 0 aromatic carbocycles. The van der Waals surface area contributed by atoms with E-state index in [0.29, 0.717) is 11.5 Å². The SMILES string of the molecule is CC(C)C(O)c1nnc2ccc(C(=O)NCc3nc(C(F)(F)F)n[nH]3)cn12. The van der Waals surface area contributed by atoms with Crippen molar-refractivity contribution in [1.29, 1.82) is 0 Å². The van der Waals surface area contributed by atoms with Gasteiger partial charge in [0.15, 0.2) is 11.5 Å². The number of alkyl halides is 3. The van der Waals surface area contributed by atoms with Gasteiger partial charge in [-0.1, -0.05) is 13.8 Å². The molecule has 1 atom stereocenters. The summed E-state index contributed by atoms with van der Waals surface area (Å²) in [7, 11) is 0. The Bertz CT molecular complexity index is 964. The lowest BCUT2D eigenvalue weighted by Gasteiger charge is -2.12. The molecule has 0 saturated heterocycles. The van der Waals surface area contributed by atoms with Gasteiger partial charge in [-0.05, 0) is 18.1 Å². The summed E-state index contributed by atoms with van der Waals surface area (Å²) in [6.45, 7) is 3.37. The van der Waals surface area contributed by atoms with Crippen molar-refractivity contribution in [3.63, 3.8) is 0 Å². The quantitative estimate of drug-likeness (QED) is 0.614. The second-order valence-corrected chi connectivity index (χ2v) is 6.18. The summed E-state index contributed by atoms with van der Waals surface area (Å²) in [6, 6.07) is 3.04. The van der Waals surface area contributed by atoms with E-state index in [2.05, 4.69) is 30.7 Å². The van der Waals surface area contributed by atoms with Gasteiger partial charge in [-0.3, -0.25) is 14.3 Å². The summed E-state index contributed by atoms with van der Waals surface area (Å²) in [4.78, 5) is 15.6. The molecule has 0 aliphatic rings. The van der Waals surface area contributed by atoms with Gasteiger partial charge in [0.25, 0.3) is 11.7 Å². The van der Waals surface area contributed by atoms with Crippen LogP contribution in [0.5, 0.6) is 0 Å². The van der Waals surface area contributed by atoms with Gasteiger partial charge in [0, 0.05) is 6.20 Å². The van der Waals surface area contributed by atoms with Crippen LogP contribution in [0.2, 0.25) is 0 Å². The topological polar surface area (TPSA) is 121 Å². The first-order valence-electron chi connectivity index (χ1n) is 7.96. The minimum Gasteiger partial charge on any atom is -0.385 e. The van der Waals surface area contributed by atoms with Crippen LogP contribution in [0.1, 0.15) is 47.8 Å². The molecule has 0 spiro atoms. The molecule has 0 aliphatic carbocycles. The van der Waals surface area contributed by atoms with E-state index in [9.17, 15) is 23.1 Å². The van der Waals surface area contributed by atoms with Gasteiger partial charge in [0.05, 0.1) is 12.1 Å². The molecule has 0 fully saturated rings. The molecule has 0 radical (unpaired) electrons. The number of carbonyl (C=O) groups is 1. The van der Waals surface area contributed by atoms with Crippen molar-refractivity contribution in [2.75, 3.05) is 0 Å². The maximum absolute atomic E-state index is 12.5. The zero-order valence-electron chi connectivity index (χ0n) is 14.3. The van der Waals surface area contributed by atoms with Crippen LogP contribution in [0.25, 0.3) is 5.65 Å². The fourth-order valence-electron chi connectivity index (χ4n) is 2.31. The molecule has 3 aromatic heterocycles. The Labute approximate surface area is 150 Å². The monoisotopic (exact) mass is 383 g/mol. The summed E-state index contributed by atoms with van der Waals surface area (Å²) in [5.74, 6) is -1.79. The molecule has 12 heteroatoms. The maximum atomic E-state index is 12.5. The second kappa shape index (κ2) is 6.95. The summed E-state index contributed by atoms with van der Waals surface area (Å²) in [5.41, 5.74) is 0.668. The molecule has 1 amide bonds. The van der Waals surface area contributed by atoms with Gasteiger partial charge in [-0.2, -0.15) is 13.2 Å². The van der Waals surface area contributed by atoms with Crippen LogP contribution in [0.4, 0.5) is 13.2 Å². The highest BCUT2D eigenvalue weighted by molar-refractivity contribution is 5.94. The average Bonchev–Trinajstić information content (AvgIpc) is 3.25. The number of halogens is 3. The number of aliphatic hydroxyl groups excluding tert-OH is 1. The number of carbonyl (C=O) groups excluding carboxylic acids is 1. The first-order valence-corrected chi connectivity index (χ1v) is 7.96. The third kappa shape index (κ3) is 3.89. The molecular formula is C15H16F3N7O2. The first kappa shape index (κ1) is 18.8. The van der Waals surface area contributed by atoms with Gasteiger partial charge < -0.3 is 10.4 Å². The lowest BCUT2D eigenvalue weighted by molar-refractivity contribution is -0.144. The molecule has 1 unspecified atom stereocenters. The number of aromatic amines is 1. The molecule has 9 nitrogen and oxygen atoms in total. The van der Waals surface area contributed by atoms with E-state index in [4.69, 9.17) is 0 Å². The zero-order valence-corrected chi connectivity index (χ0v) is 14.3. The number of H-pyrrole nitrogens is 1. The van der Waals surface area contributed by atoms with Crippen LogP contribution in [0, 0.1) is 5.92 Å². The number of aromatic nitrogens is 6. The molecule has 27 heavy (non-hydrogen) atoms. The number of pyridine rings is 1. The molecule has 3 N–H and O–H groups in total. The van der Waals surface area contributed by atoms with Gasteiger partial charge in [0.2, 0.25) is 0 Å². The number of hydrogen-bond acceptors (Lipinski definition) is 6. The minimum atomic E-state index is -4.66. The lowest BCUT2D eigenvalue weighted by Crippen LogP contribution is -2.24. The number of amides is 1. The fourth-order valence-corrected chi connectivity index (χ4v) is 2.31. The number of aliphatic hydroxyl groups is 1. The van der Waals surface area contributed by atoms with E-state index in [1.165, 1.54) is 16.7 Å². The van der Waals surface area contributed by atoms with E-state index >= 15 is 0 Å². The highest BCUT2D eigenvalue weighted by Gasteiger charge is 2.36. The fraction of sp³-hybridized carbons (Fsp3) is 0.400. The molecule has 144 valence electrons. The third-order valence-electron chi connectivity index (χ3n) is 3.79. The number of hydrogen-bond donors (Lipinski definition) is 3. The van der Waals surface area contributed by atoms with Crippen molar-refractivity contribution >= 4 is 11.6 Å². The van der Waals surface area contributed by atoms with E-state index in [1.807, 2.05) is 13.8 Å². The van der Waals surface area contributed by atoms with Crippen molar-refractivity contribution in [3.05, 3.63) is 41.4 Å². The Hall–Kier alpha value is -3.02. The molecule has 0 bridgehead atoms. The molecule has 0 saturated carbocycles. The standard InChI is InChI=1S/C15H16F3N7O2/c1-7(2)11(26)12-23-22-10-4-3-8(6-25(10)12)13(27)19-5-9-20-14(24-21-9)15(16,17)18/h3-4,6-7,11,26H,5H2,1-2H3,(H,19,27)(H,20,21,24). The Morgan fingerprint density at radius 3 is 2.70 bits per heavy atom. The molecule has 0 aliphatic heterocycles. The summed E-state index contributed by atoms with van der Waals surface area (Å²) in [5, 5.41) is 25.7. The minimum absolute atomic E-state index is 0.107. The normalized spacial score (nSPS) is 13.3. The molecule has 3 rings (SSSR count). The third-order valence-corrected chi connectivity index (χ3v) is 3.79. The van der Waals surface area contributed by atoms with Crippen LogP contribution in [0.15, 0.2) is 18.3 Å². The first-order chi connectivity index (χ1) is 12.7. The predicted octanol–water partition coefficient (Wildman–Crippen LogP) is 1.49. The zero-order chi connectivity index (χ0) is 19.8.